The first-order valence-corrected chi connectivity index (χ1v) is 10.3. The quantitative estimate of drug-likeness (QED) is 0.660. The Balaban J connectivity index is 1.61. The summed E-state index contributed by atoms with van der Waals surface area (Å²) in [6.07, 6.45) is 1.78. The van der Waals surface area contributed by atoms with Crippen LogP contribution in [0.4, 0.5) is 0 Å². The SMILES string of the molecule is O=C(O)c1ccc2n(c1=O)CCN(CC1(S(=O)(=O)C3(CO)CC3)CC1)C2=O. The molecule has 1 aromatic rings. The predicted molar refractivity (Wildman–Crippen MR) is 93.5 cm³/mol. The van der Waals surface area contributed by atoms with Crippen molar-refractivity contribution in [2.75, 3.05) is 19.7 Å². The van der Waals surface area contributed by atoms with Crippen molar-refractivity contribution in [3.05, 3.63) is 33.7 Å². The van der Waals surface area contributed by atoms with Crippen molar-refractivity contribution < 1.29 is 28.2 Å². The molecule has 10 heteroatoms. The highest BCUT2D eigenvalue weighted by atomic mass is 32.2. The Morgan fingerprint density at radius 2 is 1.70 bits per heavy atom. The number of hydrogen-bond acceptors (Lipinski definition) is 6. The van der Waals surface area contributed by atoms with Crippen LogP contribution >= 0.6 is 0 Å². The summed E-state index contributed by atoms with van der Waals surface area (Å²) in [6.45, 7) is -0.119. The second-order valence-electron chi connectivity index (χ2n) is 7.65. The number of aliphatic hydroxyl groups is 1. The van der Waals surface area contributed by atoms with E-state index in [9.17, 15) is 27.9 Å². The number of amides is 1. The lowest BCUT2D eigenvalue weighted by atomic mass is 10.1. The van der Waals surface area contributed by atoms with Crippen LogP contribution in [0.3, 0.4) is 0 Å². The monoisotopic (exact) mass is 396 g/mol. The highest BCUT2D eigenvalue weighted by Gasteiger charge is 2.67. The van der Waals surface area contributed by atoms with Crippen LogP contribution < -0.4 is 5.56 Å². The number of aromatic nitrogens is 1. The first kappa shape index (κ1) is 18.2. The average molecular weight is 396 g/mol. The molecule has 27 heavy (non-hydrogen) atoms. The van der Waals surface area contributed by atoms with Crippen LogP contribution in [0.5, 0.6) is 0 Å². The third-order valence-corrected chi connectivity index (χ3v) is 9.38. The average Bonchev–Trinajstić information content (AvgIpc) is 3.52. The lowest BCUT2D eigenvalue weighted by Gasteiger charge is -2.33. The van der Waals surface area contributed by atoms with Gasteiger partial charge in [-0.15, -0.1) is 0 Å². The van der Waals surface area contributed by atoms with Gasteiger partial charge < -0.3 is 19.7 Å². The number of aliphatic hydroxyl groups excluding tert-OH is 1. The van der Waals surface area contributed by atoms with Gasteiger partial charge in [0.1, 0.15) is 11.3 Å². The van der Waals surface area contributed by atoms with Crippen LogP contribution in [0.2, 0.25) is 0 Å². The third-order valence-electron chi connectivity index (χ3n) is 6.03. The lowest BCUT2D eigenvalue weighted by Crippen LogP contribution is -2.51. The Morgan fingerprint density at radius 1 is 1.07 bits per heavy atom. The predicted octanol–water partition coefficient (Wildman–Crippen LogP) is -0.525. The van der Waals surface area contributed by atoms with E-state index in [2.05, 4.69) is 0 Å². The van der Waals surface area contributed by atoms with E-state index in [1.54, 1.807) is 0 Å². The number of rotatable bonds is 6. The number of fused-ring (bicyclic) bond motifs is 1. The largest absolute Gasteiger partial charge is 0.477 e. The molecular formula is C17H20N2O7S. The van der Waals surface area contributed by atoms with Gasteiger partial charge in [0.05, 0.1) is 16.1 Å². The molecule has 2 aliphatic carbocycles. The van der Waals surface area contributed by atoms with E-state index >= 15 is 0 Å². The summed E-state index contributed by atoms with van der Waals surface area (Å²) in [5, 5.41) is 18.6. The van der Waals surface area contributed by atoms with Gasteiger partial charge in [0.25, 0.3) is 11.5 Å². The van der Waals surface area contributed by atoms with Crippen molar-refractivity contribution in [3.63, 3.8) is 0 Å². The Labute approximate surface area is 155 Å². The fourth-order valence-corrected chi connectivity index (χ4v) is 6.59. The van der Waals surface area contributed by atoms with Gasteiger partial charge >= 0.3 is 5.97 Å². The molecule has 2 N–H and O–H groups in total. The van der Waals surface area contributed by atoms with Crippen LogP contribution in [0, 0.1) is 0 Å². The van der Waals surface area contributed by atoms with Gasteiger partial charge in [-0.3, -0.25) is 9.59 Å². The maximum Gasteiger partial charge on any atom is 0.341 e. The van der Waals surface area contributed by atoms with Crippen LogP contribution in [0.15, 0.2) is 16.9 Å². The minimum atomic E-state index is -3.58. The van der Waals surface area contributed by atoms with E-state index in [1.165, 1.54) is 11.0 Å². The second kappa shape index (κ2) is 5.65. The van der Waals surface area contributed by atoms with Gasteiger partial charge in [-0.2, -0.15) is 0 Å². The molecule has 0 aromatic carbocycles. The maximum absolute atomic E-state index is 13.0. The number of pyridine rings is 1. The van der Waals surface area contributed by atoms with Crippen LogP contribution in [0.25, 0.3) is 0 Å². The number of hydrogen-bond donors (Lipinski definition) is 2. The number of carbonyl (C=O) groups is 2. The summed E-state index contributed by atoms with van der Waals surface area (Å²) in [5.41, 5.74) is -1.08. The number of carbonyl (C=O) groups excluding carboxylic acids is 1. The molecule has 2 heterocycles. The molecule has 1 amide bonds. The molecule has 9 nitrogen and oxygen atoms in total. The van der Waals surface area contributed by atoms with E-state index in [0.717, 1.165) is 10.6 Å². The first-order valence-electron chi connectivity index (χ1n) is 8.80. The van der Waals surface area contributed by atoms with E-state index < -0.39 is 48.9 Å². The molecule has 4 rings (SSSR count). The molecule has 146 valence electrons. The number of nitrogens with zero attached hydrogens (tertiary/aromatic N) is 2. The smallest absolute Gasteiger partial charge is 0.341 e. The van der Waals surface area contributed by atoms with Gasteiger partial charge in [0, 0.05) is 19.6 Å². The van der Waals surface area contributed by atoms with Gasteiger partial charge in [-0.05, 0) is 37.8 Å². The van der Waals surface area contributed by atoms with Crippen LogP contribution in [-0.4, -0.2) is 69.2 Å². The van der Waals surface area contributed by atoms with Crippen molar-refractivity contribution in [2.45, 2.75) is 41.7 Å². The molecule has 0 atom stereocenters. The summed E-state index contributed by atoms with van der Waals surface area (Å²) >= 11 is 0. The Bertz CT molecular complexity index is 1000. The minimum absolute atomic E-state index is 0.0325. The molecule has 0 bridgehead atoms. The van der Waals surface area contributed by atoms with Crippen molar-refractivity contribution in [2.24, 2.45) is 0 Å². The van der Waals surface area contributed by atoms with Crippen LogP contribution in [0.1, 0.15) is 46.5 Å². The zero-order valence-electron chi connectivity index (χ0n) is 14.5. The summed E-state index contributed by atoms with van der Waals surface area (Å²) in [4.78, 5) is 37.5. The molecule has 0 spiro atoms. The zero-order chi connectivity index (χ0) is 19.6. The highest BCUT2D eigenvalue weighted by Crippen LogP contribution is 2.56. The summed E-state index contributed by atoms with van der Waals surface area (Å²) < 4.78 is 25.1. The molecule has 1 aromatic heterocycles. The Kier molecular flexibility index (Phi) is 3.80. The lowest BCUT2D eigenvalue weighted by molar-refractivity contribution is 0.0671. The fraction of sp³-hybridized carbons (Fsp3) is 0.588. The number of carboxylic acids is 1. The van der Waals surface area contributed by atoms with Crippen molar-refractivity contribution >= 4 is 21.7 Å². The maximum atomic E-state index is 13.0. The number of sulfone groups is 1. The van der Waals surface area contributed by atoms with E-state index in [1.807, 2.05) is 0 Å². The van der Waals surface area contributed by atoms with E-state index in [4.69, 9.17) is 5.11 Å². The van der Waals surface area contributed by atoms with E-state index in [-0.39, 0.29) is 25.3 Å². The summed E-state index contributed by atoms with van der Waals surface area (Å²) in [6, 6.07) is 2.40. The molecule has 0 radical (unpaired) electrons. The third kappa shape index (κ3) is 2.46. The number of aromatic carboxylic acids is 1. The van der Waals surface area contributed by atoms with Crippen molar-refractivity contribution in [1.29, 1.82) is 0 Å². The molecule has 3 aliphatic rings. The van der Waals surface area contributed by atoms with Gasteiger partial charge in [0.2, 0.25) is 0 Å². The molecule has 2 fully saturated rings. The van der Waals surface area contributed by atoms with E-state index in [0.29, 0.717) is 25.7 Å². The molecule has 1 aliphatic heterocycles. The molecule has 0 unspecified atom stereocenters. The zero-order valence-corrected chi connectivity index (χ0v) is 15.4. The Hall–Kier alpha value is -2.20. The number of carboxylic acid groups (broad SMARTS) is 1. The standard InChI is InChI=1S/C17H20N2O7S/c20-10-17(5-6-17)27(25,26)16(3-4-16)9-18-7-8-19-12(14(18)22)2-1-11(13(19)21)15(23)24/h1-2,20H,3-10H2,(H,23,24). The minimum Gasteiger partial charge on any atom is -0.477 e. The van der Waals surface area contributed by atoms with Gasteiger partial charge in [-0.25, -0.2) is 13.2 Å². The topological polar surface area (TPSA) is 134 Å². The molecular weight excluding hydrogens is 376 g/mol. The van der Waals surface area contributed by atoms with Crippen molar-refractivity contribution in [1.82, 2.24) is 9.47 Å². The second-order valence-corrected chi connectivity index (χ2v) is 10.4. The molecule has 0 saturated heterocycles. The fourth-order valence-electron chi connectivity index (χ4n) is 3.89. The summed E-state index contributed by atoms with van der Waals surface area (Å²) in [5.74, 6) is -1.84. The van der Waals surface area contributed by atoms with Gasteiger partial charge in [0.15, 0.2) is 9.84 Å². The highest BCUT2D eigenvalue weighted by molar-refractivity contribution is 7.94. The van der Waals surface area contributed by atoms with Crippen LogP contribution in [-0.2, 0) is 16.4 Å². The first-order chi connectivity index (χ1) is 12.7. The Morgan fingerprint density at radius 3 is 2.22 bits per heavy atom. The van der Waals surface area contributed by atoms with Crippen molar-refractivity contribution in [3.8, 4) is 0 Å². The summed E-state index contributed by atoms with van der Waals surface area (Å²) in [7, 11) is -3.58. The normalized spacial score (nSPS) is 22.3. The molecule has 2 saturated carbocycles. The van der Waals surface area contributed by atoms with Gasteiger partial charge in [-0.1, -0.05) is 0 Å².